The van der Waals surface area contributed by atoms with Crippen LogP contribution in [0, 0.1) is 0 Å². The zero-order valence-corrected chi connectivity index (χ0v) is 5.30. The van der Waals surface area contributed by atoms with Crippen molar-refractivity contribution in [2.75, 3.05) is 7.11 Å². The first-order valence-corrected chi connectivity index (χ1v) is 2.48. The zero-order valence-electron chi connectivity index (χ0n) is 5.30. The molecule has 0 aromatic heterocycles. The molecular formula is C7H9FO. The Morgan fingerprint density at radius 1 is 1.67 bits per heavy atom. The summed E-state index contributed by atoms with van der Waals surface area (Å²) in [5.41, 5.74) is 0. The van der Waals surface area contributed by atoms with Gasteiger partial charge in [-0.2, -0.15) is 0 Å². The maximum absolute atomic E-state index is 11.4. The van der Waals surface area contributed by atoms with Crippen LogP contribution in [0.25, 0.3) is 0 Å². The number of methoxy groups -OCH3 is 1. The zero-order chi connectivity index (χ0) is 7.11. The van der Waals surface area contributed by atoms with Crippen LogP contribution in [0.2, 0.25) is 0 Å². The van der Waals surface area contributed by atoms with Crippen LogP contribution in [-0.2, 0) is 4.74 Å². The van der Waals surface area contributed by atoms with Crippen LogP contribution in [-0.4, -0.2) is 7.11 Å². The van der Waals surface area contributed by atoms with E-state index in [1.807, 2.05) is 0 Å². The van der Waals surface area contributed by atoms with Gasteiger partial charge in [-0.05, 0) is 6.08 Å². The molecule has 0 aliphatic rings. The fourth-order valence-corrected chi connectivity index (χ4v) is 0.370. The van der Waals surface area contributed by atoms with Crippen molar-refractivity contribution >= 4 is 0 Å². The highest BCUT2D eigenvalue weighted by Crippen LogP contribution is 1.96. The Hall–Kier alpha value is -1.05. The summed E-state index contributed by atoms with van der Waals surface area (Å²) >= 11 is 0. The van der Waals surface area contributed by atoms with Gasteiger partial charge in [0.05, 0.1) is 13.4 Å². The third kappa shape index (κ3) is 3.53. The van der Waals surface area contributed by atoms with Crippen LogP contribution in [0.4, 0.5) is 4.39 Å². The summed E-state index contributed by atoms with van der Waals surface area (Å²) in [7, 11) is 1.47. The summed E-state index contributed by atoms with van der Waals surface area (Å²) in [5, 5.41) is 0. The second-order valence-corrected chi connectivity index (χ2v) is 1.30. The summed E-state index contributed by atoms with van der Waals surface area (Å²) in [5.74, 6) is 0.451. The third-order valence-electron chi connectivity index (χ3n) is 0.745. The molecule has 0 heterocycles. The van der Waals surface area contributed by atoms with Crippen molar-refractivity contribution in [3.05, 3.63) is 36.9 Å². The minimum atomic E-state index is 0.416. The molecule has 0 fully saturated rings. The number of hydrogen-bond acceptors (Lipinski definition) is 1. The van der Waals surface area contributed by atoms with Gasteiger partial charge in [0.1, 0.15) is 5.76 Å². The lowest BCUT2D eigenvalue weighted by Crippen LogP contribution is -1.78. The molecule has 0 N–H and O–H groups in total. The van der Waals surface area contributed by atoms with E-state index < -0.39 is 0 Å². The molecule has 1 nitrogen and oxygen atoms in total. The number of halogens is 1. The van der Waals surface area contributed by atoms with E-state index in [-0.39, 0.29) is 0 Å². The summed E-state index contributed by atoms with van der Waals surface area (Å²) < 4.78 is 16.1. The molecule has 0 unspecified atom stereocenters. The topological polar surface area (TPSA) is 9.23 Å². The van der Waals surface area contributed by atoms with E-state index in [0.29, 0.717) is 12.1 Å². The molecule has 2 heteroatoms. The lowest BCUT2D eigenvalue weighted by atomic mass is 10.4. The van der Waals surface area contributed by atoms with Gasteiger partial charge in [-0.25, -0.2) is 4.39 Å². The molecule has 0 aromatic rings. The SMILES string of the molecule is C=C/C=C(\C=C\F)OC. The van der Waals surface area contributed by atoms with Crippen LogP contribution < -0.4 is 0 Å². The van der Waals surface area contributed by atoms with Crippen molar-refractivity contribution in [2.24, 2.45) is 0 Å². The van der Waals surface area contributed by atoms with E-state index >= 15 is 0 Å². The van der Waals surface area contributed by atoms with E-state index in [2.05, 4.69) is 6.58 Å². The molecule has 0 aliphatic heterocycles. The molecule has 0 amide bonds. The highest BCUT2D eigenvalue weighted by Gasteiger charge is 1.82. The maximum atomic E-state index is 11.4. The van der Waals surface area contributed by atoms with Gasteiger partial charge in [-0.3, -0.25) is 0 Å². The molecule has 0 radical (unpaired) electrons. The molecule has 0 atom stereocenters. The van der Waals surface area contributed by atoms with Gasteiger partial charge in [0.25, 0.3) is 0 Å². The Bertz CT molecular complexity index is 136. The summed E-state index contributed by atoms with van der Waals surface area (Å²) in [6.07, 6.45) is 4.72. The Labute approximate surface area is 54.1 Å². The van der Waals surface area contributed by atoms with Gasteiger partial charge in [0.15, 0.2) is 0 Å². The molecule has 9 heavy (non-hydrogen) atoms. The normalized spacial score (nSPS) is 12.0. The van der Waals surface area contributed by atoms with Gasteiger partial charge < -0.3 is 4.74 Å². The average molecular weight is 128 g/mol. The molecule has 0 bridgehead atoms. The van der Waals surface area contributed by atoms with Crippen molar-refractivity contribution in [2.45, 2.75) is 0 Å². The van der Waals surface area contributed by atoms with Gasteiger partial charge in [-0.1, -0.05) is 12.7 Å². The standard InChI is InChI=1S/C7H9FO/c1-3-4-7(9-2)5-6-8/h3-6H,1H2,2H3/b6-5+,7-4+. The molecule has 50 valence electrons. The van der Waals surface area contributed by atoms with E-state index in [0.717, 1.165) is 0 Å². The van der Waals surface area contributed by atoms with Crippen LogP contribution >= 0.6 is 0 Å². The predicted octanol–water partition coefficient (Wildman–Crippen LogP) is 2.19. The van der Waals surface area contributed by atoms with Crippen LogP contribution in [0.1, 0.15) is 0 Å². The summed E-state index contributed by atoms with van der Waals surface area (Å²) in [6, 6.07) is 0. The first kappa shape index (κ1) is 7.95. The highest BCUT2D eigenvalue weighted by atomic mass is 19.1. The van der Waals surface area contributed by atoms with E-state index in [1.165, 1.54) is 19.3 Å². The number of ether oxygens (including phenoxy) is 1. The quantitative estimate of drug-likeness (QED) is 0.418. The first-order chi connectivity index (χ1) is 4.35. The van der Waals surface area contributed by atoms with Crippen LogP contribution in [0.15, 0.2) is 36.9 Å². The maximum Gasteiger partial charge on any atom is 0.121 e. The van der Waals surface area contributed by atoms with Gasteiger partial charge in [0, 0.05) is 6.08 Å². The number of rotatable bonds is 3. The summed E-state index contributed by atoms with van der Waals surface area (Å²) in [4.78, 5) is 0. The second-order valence-electron chi connectivity index (χ2n) is 1.30. The average Bonchev–Trinajstić information content (AvgIpc) is 1.88. The molecular weight excluding hydrogens is 119 g/mol. The van der Waals surface area contributed by atoms with Gasteiger partial charge in [0.2, 0.25) is 0 Å². The fourth-order valence-electron chi connectivity index (χ4n) is 0.370. The van der Waals surface area contributed by atoms with Crippen molar-refractivity contribution in [3.8, 4) is 0 Å². The van der Waals surface area contributed by atoms with E-state index in [4.69, 9.17) is 4.74 Å². The predicted molar refractivity (Wildman–Crippen MR) is 35.5 cm³/mol. The molecule has 0 spiro atoms. The second kappa shape index (κ2) is 5.09. The minimum absolute atomic E-state index is 0.416. The van der Waals surface area contributed by atoms with Gasteiger partial charge in [-0.15, -0.1) is 0 Å². The molecule has 0 aromatic carbocycles. The smallest absolute Gasteiger partial charge is 0.121 e. The Balaban J connectivity index is 3.96. The summed E-state index contributed by atoms with van der Waals surface area (Å²) in [6.45, 7) is 3.42. The monoisotopic (exact) mass is 128 g/mol. The fraction of sp³-hybridized carbons (Fsp3) is 0.143. The first-order valence-electron chi connectivity index (χ1n) is 2.48. The lowest BCUT2D eigenvalue weighted by molar-refractivity contribution is 0.306. The third-order valence-corrected chi connectivity index (χ3v) is 0.745. The van der Waals surface area contributed by atoms with Crippen molar-refractivity contribution < 1.29 is 9.13 Å². The minimum Gasteiger partial charge on any atom is -0.497 e. The largest absolute Gasteiger partial charge is 0.497 e. The molecule has 0 saturated heterocycles. The lowest BCUT2D eigenvalue weighted by Gasteiger charge is -1.94. The molecule has 0 saturated carbocycles. The Morgan fingerprint density at radius 3 is 2.67 bits per heavy atom. The van der Waals surface area contributed by atoms with Crippen molar-refractivity contribution in [1.29, 1.82) is 0 Å². The van der Waals surface area contributed by atoms with Gasteiger partial charge >= 0.3 is 0 Å². The Kier molecular flexibility index (Phi) is 4.50. The van der Waals surface area contributed by atoms with E-state index in [1.54, 1.807) is 6.08 Å². The molecule has 0 rings (SSSR count). The number of hydrogen-bond donors (Lipinski definition) is 0. The highest BCUT2D eigenvalue weighted by molar-refractivity contribution is 5.15. The van der Waals surface area contributed by atoms with Crippen LogP contribution in [0.3, 0.4) is 0 Å². The number of allylic oxidation sites excluding steroid dienone is 3. The van der Waals surface area contributed by atoms with Crippen molar-refractivity contribution in [3.63, 3.8) is 0 Å². The van der Waals surface area contributed by atoms with Crippen molar-refractivity contribution in [1.82, 2.24) is 0 Å². The molecule has 0 aliphatic carbocycles. The van der Waals surface area contributed by atoms with E-state index in [9.17, 15) is 4.39 Å². The van der Waals surface area contributed by atoms with Crippen LogP contribution in [0.5, 0.6) is 0 Å². The Morgan fingerprint density at radius 2 is 2.33 bits per heavy atom.